The Morgan fingerprint density at radius 3 is 0.602 bits per heavy atom. The first-order valence-corrected chi connectivity index (χ1v) is 72.4. The van der Waals surface area contributed by atoms with Gasteiger partial charge in [0.2, 0.25) is 0 Å². The van der Waals surface area contributed by atoms with Gasteiger partial charge in [-0.1, -0.05) is 84.9 Å². The molecule has 0 atom stereocenters. The lowest BCUT2D eigenvalue weighted by molar-refractivity contribution is 0.102. The molecule has 0 fully saturated rings. The van der Waals surface area contributed by atoms with Crippen molar-refractivity contribution in [3.63, 3.8) is 0 Å². The highest BCUT2D eigenvalue weighted by Crippen LogP contribution is 2.34. The lowest BCUT2D eigenvalue weighted by Gasteiger charge is -2.33. The Bertz CT molecular complexity index is 2610. The zero-order valence-electron chi connectivity index (χ0n) is 61.8. The second-order valence-corrected chi connectivity index (χ2v) is 89.1. The molecule has 0 radical (unpaired) electrons. The van der Waals surface area contributed by atoms with Crippen molar-refractivity contribution in [3.05, 3.63) is 141 Å². The van der Waals surface area contributed by atoms with Crippen LogP contribution in [0.25, 0.3) is 0 Å². The second-order valence-electron chi connectivity index (χ2n) is 34.7. The van der Waals surface area contributed by atoms with Gasteiger partial charge in [-0.05, 0) is 305 Å². The van der Waals surface area contributed by atoms with Crippen LogP contribution in [0.2, 0.25) is 233 Å². The van der Waals surface area contributed by atoms with Gasteiger partial charge in [-0.2, -0.15) is 0 Å². The van der Waals surface area contributed by atoms with Crippen LogP contribution in [0.4, 0.5) is 0 Å². The van der Waals surface area contributed by atoms with E-state index in [9.17, 15) is 4.79 Å². The molecule has 88 heavy (non-hydrogen) atoms. The predicted octanol–water partition coefficient (Wildman–Crippen LogP) is 21.4. The topological polar surface area (TPSA) is 89.5 Å². The average molecular weight is 1410 g/mol. The van der Waals surface area contributed by atoms with E-state index in [1.54, 1.807) is 0 Å². The second kappa shape index (κ2) is 31.9. The molecule has 0 saturated carbocycles. The molecular weight excluding hydrogens is 1280 g/mol. The molecule has 0 aromatic heterocycles. The minimum atomic E-state index is -1.95. The molecule has 496 valence electrons. The van der Waals surface area contributed by atoms with E-state index in [1.165, 1.54) is 22.3 Å². The Labute approximate surface area is 553 Å². The van der Waals surface area contributed by atoms with Crippen molar-refractivity contribution >= 4 is 111 Å². The zero-order chi connectivity index (χ0) is 67.6. The third-order valence-corrected chi connectivity index (χ3v) is 51.6. The summed E-state index contributed by atoms with van der Waals surface area (Å²) in [4.78, 5) is 29.5. The van der Waals surface area contributed by atoms with Gasteiger partial charge in [-0.3, -0.25) is 9.59 Å². The first-order valence-electron chi connectivity index (χ1n) is 33.2. The summed E-state index contributed by atoms with van der Waals surface area (Å²) < 4.78 is 40.3. The number of carbonyl (C=O) groups excluding carboxylic acids is 2. The molecule has 0 heterocycles. The predicted molar refractivity (Wildman–Crippen MR) is 415 cm³/mol. The highest BCUT2D eigenvalue weighted by Gasteiger charge is 2.37. The first-order chi connectivity index (χ1) is 39.6. The summed E-state index contributed by atoms with van der Waals surface area (Å²) in [6, 6.07) is 35.6. The molecular formula is C68H128O8Si12. The van der Waals surface area contributed by atoms with Crippen molar-refractivity contribution in [1.82, 2.24) is 0 Å². The SMILES string of the molecule is C[Si](C)(C)O[Si](C)(C)CCc1cccc(CC[Si](C)(C)O[Si](C)(C)C)c1C(=O)c1c(CC[Si](C)(C)O[Si](C)(C)C)cccc1CC[Si](C)(C)O[Si](C)(C)C.C[Si](C)(C)O[Si](C)(C)CCc1ccccc1C(=O)c1ccccc1CC[Si](C)(C)O[Si](C)(C)C. The summed E-state index contributed by atoms with van der Waals surface area (Å²) in [5, 5.41) is 0. The van der Waals surface area contributed by atoms with Crippen LogP contribution in [0.1, 0.15) is 65.2 Å². The fraction of sp³-hybridized carbons (Fsp3) is 0.618. The fourth-order valence-corrected chi connectivity index (χ4v) is 60.3. The van der Waals surface area contributed by atoms with Crippen molar-refractivity contribution < 1.29 is 34.3 Å². The lowest BCUT2D eigenvalue weighted by atomic mass is 9.86. The van der Waals surface area contributed by atoms with Gasteiger partial charge in [0.15, 0.2) is 111 Å². The van der Waals surface area contributed by atoms with Gasteiger partial charge < -0.3 is 24.7 Å². The Kier molecular flexibility index (Phi) is 29.3. The Morgan fingerprint density at radius 1 is 0.239 bits per heavy atom. The minimum Gasteiger partial charge on any atom is -0.456 e. The lowest BCUT2D eigenvalue weighted by Crippen LogP contribution is -2.42. The molecule has 0 amide bonds. The molecule has 0 bridgehead atoms. The molecule has 0 N–H and O–H groups in total. The van der Waals surface area contributed by atoms with E-state index in [2.05, 4.69) is 245 Å². The van der Waals surface area contributed by atoms with E-state index >= 15 is 4.79 Å². The third-order valence-electron chi connectivity index (χ3n) is 14.9. The maximum Gasteiger partial charge on any atom is 0.194 e. The molecule has 0 aliphatic carbocycles. The van der Waals surface area contributed by atoms with E-state index in [0.717, 1.165) is 108 Å². The number of ketones is 2. The fourth-order valence-electron chi connectivity index (χ4n) is 12.8. The normalized spacial score (nSPS) is 13.8. The summed E-state index contributed by atoms with van der Waals surface area (Å²) in [6.07, 6.45) is 5.20. The van der Waals surface area contributed by atoms with E-state index in [0.29, 0.717) is 0 Å². The van der Waals surface area contributed by atoms with Crippen LogP contribution in [0.5, 0.6) is 0 Å². The van der Waals surface area contributed by atoms with Gasteiger partial charge in [0.1, 0.15) is 0 Å². The summed E-state index contributed by atoms with van der Waals surface area (Å²) in [7, 11) is -21.3. The van der Waals surface area contributed by atoms with Crippen LogP contribution >= 0.6 is 0 Å². The van der Waals surface area contributed by atoms with Gasteiger partial charge in [0, 0.05) is 22.3 Å². The van der Waals surface area contributed by atoms with Gasteiger partial charge >= 0.3 is 0 Å². The van der Waals surface area contributed by atoms with Crippen LogP contribution in [0.3, 0.4) is 0 Å². The molecule has 0 aliphatic heterocycles. The molecule has 0 spiro atoms. The Hall–Kier alpha value is -1.42. The Morgan fingerprint density at radius 2 is 0.409 bits per heavy atom. The number of hydrogen-bond acceptors (Lipinski definition) is 8. The molecule has 0 unspecified atom stereocenters. The summed E-state index contributed by atoms with van der Waals surface area (Å²) in [5.41, 5.74) is 10.5. The maximum absolute atomic E-state index is 15.7. The van der Waals surface area contributed by atoms with Gasteiger partial charge in [-0.25, -0.2) is 0 Å². The molecule has 4 aromatic carbocycles. The number of rotatable bonds is 34. The van der Waals surface area contributed by atoms with Gasteiger partial charge in [0.25, 0.3) is 0 Å². The largest absolute Gasteiger partial charge is 0.456 e. The number of hydrogen-bond donors (Lipinski definition) is 0. The van der Waals surface area contributed by atoms with E-state index < -0.39 is 99.8 Å². The standard InChI is InChI=1S/C41H82O5Si8.C27H46O3Si4/c1-47(2,3)43-51(13,14)31-27-35-23-21-24-36(28-32-52(15,16)44-48(4,5)6)39(35)41(42)40-37(29-33-53(17,18)45-49(7,8)9)25-22-26-38(40)30-34-54(19,20)46-50(10,11)12;1-31(2,3)29-33(7,8)21-19-23-15-11-13-17-25(23)27(28)26-18-14-12-16-24(26)20-22-34(9,10)30-32(4,5)6/h21-26H,27-34H2,1-20H3;11-18H,19-22H2,1-10H3. The van der Waals surface area contributed by atoms with E-state index in [-0.39, 0.29) is 11.6 Å². The number of carbonyl (C=O) groups is 2. The highest BCUT2D eigenvalue weighted by atomic mass is 28.4. The van der Waals surface area contributed by atoms with Crippen LogP contribution in [-0.2, 0) is 63.2 Å². The zero-order valence-corrected chi connectivity index (χ0v) is 73.8. The number of aryl methyl sites for hydroxylation is 6. The minimum absolute atomic E-state index is 0.141. The van der Waals surface area contributed by atoms with Crippen molar-refractivity contribution in [2.24, 2.45) is 0 Å². The van der Waals surface area contributed by atoms with Gasteiger partial charge in [-0.15, -0.1) is 0 Å². The molecule has 4 aromatic rings. The van der Waals surface area contributed by atoms with Crippen LogP contribution in [0.15, 0.2) is 84.9 Å². The van der Waals surface area contributed by atoms with E-state index in [1.807, 2.05) is 36.4 Å². The van der Waals surface area contributed by atoms with Crippen molar-refractivity contribution in [1.29, 1.82) is 0 Å². The summed E-state index contributed by atoms with van der Waals surface area (Å²) in [5.74, 6) is 0.348. The summed E-state index contributed by atoms with van der Waals surface area (Å²) in [6.45, 7) is 69.1. The monoisotopic (exact) mass is 1410 g/mol. The smallest absolute Gasteiger partial charge is 0.194 e. The van der Waals surface area contributed by atoms with Crippen molar-refractivity contribution in [2.75, 3.05) is 0 Å². The van der Waals surface area contributed by atoms with Crippen molar-refractivity contribution in [3.8, 4) is 0 Å². The van der Waals surface area contributed by atoms with Gasteiger partial charge in [0.05, 0.1) is 0 Å². The Balaban J connectivity index is 0.000000510. The number of benzene rings is 4. The molecule has 0 aliphatic rings. The van der Waals surface area contributed by atoms with E-state index in [4.69, 9.17) is 24.7 Å². The molecule has 20 heteroatoms. The quantitative estimate of drug-likeness (QED) is 0.0338. The maximum atomic E-state index is 15.7. The highest BCUT2D eigenvalue weighted by molar-refractivity contribution is 6.87. The third kappa shape index (κ3) is 31.7. The van der Waals surface area contributed by atoms with Crippen LogP contribution in [-0.4, -0.2) is 111 Å². The summed E-state index contributed by atoms with van der Waals surface area (Å²) >= 11 is 0. The molecule has 8 nitrogen and oxygen atoms in total. The average Bonchev–Trinajstić information content (AvgIpc) is 1.21. The molecule has 4 rings (SSSR count). The first kappa shape index (κ1) is 80.8. The molecule has 0 saturated heterocycles. The van der Waals surface area contributed by atoms with Crippen molar-refractivity contribution in [2.45, 2.75) is 271 Å². The van der Waals surface area contributed by atoms with Crippen LogP contribution in [0, 0.1) is 0 Å². The van der Waals surface area contributed by atoms with Crippen LogP contribution < -0.4 is 0 Å².